The van der Waals surface area contributed by atoms with Crippen LogP contribution in [0.3, 0.4) is 0 Å². The molecule has 0 atom stereocenters. The summed E-state index contributed by atoms with van der Waals surface area (Å²) in [7, 11) is 0. The maximum atomic E-state index is 12.6. The van der Waals surface area contributed by atoms with Crippen molar-refractivity contribution in [3.63, 3.8) is 0 Å². The number of halogens is 3. The minimum absolute atomic E-state index is 0.0226. The molecule has 0 unspecified atom stereocenters. The summed E-state index contributed by atoms with van der Waals surface area (Å²) in [5.74, 6) is -0.380. The van der Waals surface area contributed by atoms with Crippen molar-refractivity contribution in [1.82, 2.24) is 14.9 Å². The Kier molecular flexibility index (Phi) is 4.82. The fraction of sp³-hybridized carbons (Fsp3) is 0.263. The summed E-state index contributed by atoms with van der Waals surface area (Å²) in [5, 5.41) is 2.66. The Morgan fingerprint density at radius 2 is 1.81 bits per heavy atom. The third kappa shape index (κ3) is 3.89. The molecule has 5 nitrogen and oxygen atoms in total. The molecule has 27 heavy (non-hydrogen) atoms. The molecule has 0 fully saturated rings. The maximum Gasteiger partial charge on any atom is 0.416 e. The number of hydrogen-bond donors (Lipinski definition) is 2. The first-order valence-corrected chi connectivity index (χ1v) is 8.35. The number of rotatable bonds is 4. The second-order valence-corrected chi connectivity index (χ2v) is 6.50. The van der Waals surface area contributed by atoms with E-state index in [0.29, 0.717) is 22.2 Å². The molecule has 142 valence electrons. The smallest absolute Gasteiger partial charge is 0.348 e. The van der Waals surface area contributed by atoms with Gasteiger partial charge in [0.1, 0.15) is 0 Å². The van der Waals surface area contributed by atoms with Crippen molar-refractivity contribution in [2.75, 3.05) is 0 Å². The van der Waals surface area contributed by atoms with Gasteiger partial charge in [0.2, 0.25) is 0 Å². The number of benzene rings is 2. The Balaban J connectivity index is 1.74. The van der Waals surface area contributed by atoms with Crippen molar-refractivity contribution in [3.8, 4) is 0 Å². The van der Waals surface area contributed by atoms with Crippen LogP contribution in [-0.2, 0) is 12.7 Å². The standard InChI is InChI=1S/C19H18F3N3O2/c1-11(2)25-16-8-5-13(9-15(16)24-18(25)27)17(26)23-10-12-3-6-14(7-4-12)19(20,21)22/h3-9,11H,10H2,1-2H3,(H,23,26)(H,24,27). The SMILES string of the molecule is CC(C)n1c(=O)[nH]c2cc(C(=O)NCc3ccc(C(F)(F)F)cc3)ccc21. The van der Waals surface area contributed by atoms with Gasteiger partial charge in [-0.3, -0.25) is 9.36 Å². The maximum absolute atomic E-state index is 12.6. The van der Waals surface area contributed by atoms with Crippen molar-refractivity contribution in [2.24, 2.45) is 0 Å². The first-order valence-electron chi connectivity index (χ1n) is 8.35. The summed E-state index contributed by atoms with van der Waals surface area (Å²) in [6.45, 7) is 3.87. The number of nitrogens with zero attached hydrogens (tertiary/aromatic N) is 1. The lowest BCUT2D eigenvalue weighted by Gasteiger charge is -2.09. The fourth-order valence-electron chi connectivity index (χ4n) is 2.88. The lowest BCUT2D eigenvalue weighted by Crippen LogP contribution is -2.22. The summed E-state index contributed by atoms with van der Waals surface area (Å²) in [6, 6.07) is 9.47. The zero-order valence-corrected chi connectivity index (χ0v) is 14.7. The molecule has 3 aromatic rings. The van der Waals surface area contributed by atoms with Gasteiger partial charge >= 0.3 is 11.9 Å². The molecule has 1 amide bonds. The van der Waals surface area contributed by atoms with Crippen LogP contribution in [0.2, 0.25) is 0 Å². The van der Waals surface area contributed by atoms with E-state index in [0.717, 1.165) is 12.1 Å². The highest BCUT2D eigenvalue weighted by molar-refractivity contribution is 5.97. The largest absolute Gasteiger partial charge is 0.416 e. The number of aromatic amines is 1. The van der Waals surface area contributed by atoms with Gasteiger partial charge in [-0.05, 0) is 49.7 Å². The quantitative estimate of drug-likeness (QED) is 0.725. The highest BCUT2D eigenvalue weighted by atomic mass is 19.4. The van der Waals surface area contributed by atoms with Gasteiger partial charge in [0, 0.05) is 18.2 Å². The zero-order valence-electron chi connectivity index (χ0n) is 14.7. The zero-order chi connectivity index (χ0) is 19.8. The molecule has 2 aromatic carbocycles. The molecule has 0 aliphatic heterocycles. The molecular formula is C19H18F3N3O2. The van der Waals surface area contributed by atoms with Crippen LogP contribution in [0.1, 0.15) is 41.4 Å². The second-order valence-electron chi connectivity index (χ2n) is 6.50. The van der Waals surface area contributed by atoms with Gasteiger partial charge in [0.25, 0.3) is 5.91 Å². The first kappa shape index (κ1) is 18.8. The van der Waals surface area contributed by atoms with Crippen LogP contribution in [0.5, 0.6) is 0 Å². The van der Waals surface area contributed by atoms with E-state index in [1.54, 1.807) is 22.8 Å². The van der Waals surface area contributed by atoms with E-state index in [1.807, 2.05) is 13.8 Å². The summed E-state index contributed by atoms with van der Waals surface area (Å²) in [4.78, 5) is 27.0. The van der Waals surface area contributed by atoms with Gasteiger partial charge in [0.05, 0.1) is 16.6 Å². The van der Waals surface area contributed by atoms with Crippen LogP contribution >= 0.6 is 0 Å². The van der Waals surface area contributed by atoms with Crippen LogP contribution in [0.4, 0.5) is 13.2 Å². The summed E-state index contributed by atoms with van der Waals surface area (Å²) in [5.41, 5.74) is 1.18. The predicted molar refractivity (Wildman–Crippen MR) is 95.6 cm³/mol. The van der Waals surface area contributed by atoms with Gasteiger partial charge in [0.15, 0.2) is 0 Å². The monoisotopic (exact) mass is 377 g/mol. The normalized spacial score (nSPS) is 11.9. The minimum Gasteiger partial charge on any atom is -0.348 e. The van der Waals surface area contributed by atoms with E-state index >= 15 is 0 Å². The first-order chi connectivity index (χ1) is 12.7. The lowest BCUT2D eigenvalue weighted by molar-refractivity contribution is -0.137. The Morgan fingerprint density at radius 1 is 1.15 bits per heavy atom. The van der Waals surface area contributed by atoms with Gasteiger partial charge in [-0.25, -0.2) is 4.79 Å². The van der Waals surface area contributed by atoms with Crippen molar-refractivity contribution in [3.05, 3.63) is 69.6 Å². The molecule has 0 bridgehead atoms. The van der Waals surface area contributed by atoms with Crippen molar-refractivity contribution in [1.29, 1.82) is 0 Å². The Hall–Kier alpha value is -3.03. The number of amides is 1. The van der Waals surface area contributed by atoms with Crippen molar-refractivity contribution in [2.45, 2.75) is 32.6 Å². The molecule has 0 aliphatic carbocycles. The van der Waals surface area contributed by atoms with E-state index in [4.69, 9.17) is 0 Å². The van der Waals surface area contributed by atoms with E-state index in [2.05, 4.69) is 10.3 Å². The van der Waals surface area contributed by atoms with E-state index in [9.17, 15) is 22.8 Å². The average molecular weight is 377 g/mol. The molecule has 0 radical (unpaired) electrons. The molecule has 8 heteroatoms. The van der Waals surface area contributed by atoms with Gasteiger partial charge in [-0.1, -0.05) is 12.1 Å². The van der Waals surface area contributed by atoms with Crippen LogP contribution in [0, 0.1) is 0 Å². The van der Waals surface area contributed by atoms with E-state index < -0.39 is 11.7 Å². The third-order valence-electron chi connectivity index (χ3n) is 4.23. The lowest BCUT2D eigenvalue weighted by atomic mass is 10.1. The molecule has 1 aromatic heterocycles. The summed E-state index contributed by atoms with van der Waals surface area (Å²) in [6.07, 6.45) is -4.39. The summed E-state index contributed by atoms with van der Waals surface area (Å²) >= 11 is 0. The number of alkyl halides is 3. The third-order valence-corrected chi connectivity index (χ3v) is 4.23. The summed E-state index contributed by atoms with van der Waals surface area (Å²) < 4.78 is 39.3. The van der Waals surface area contributed by atoms with Gasteiger partial charge in [-0.15, -0.1) is 0 Å². The van der Waals surface area contributed by atoms with Crippen LogP contribution < -0.4 is 11.0 Å². The number of hydrogen-bond acceptors (Lipinski definition) is 2. The molecular weight excluding hydrogens is 359 g/mol. The number of carbonyl (C=O) groups is 1. The number of fused-ring (bicyclic) bond motifs is 1. The number of H-pyrrole nitrogens is 1. The Bertz CT molecular complexity index is 1030. The van der Waals surface area contributed by atoms with Crippen molar-refractivity contribution < 1.29 is 18.0 Å². The fourth-order valence-corrected chi connectivity index (χ4v) is 2.88. The highest BCUT2D eigenvalue weighted by Crippen LogP contribution is 2.29. The second kappa shape index (κ2) is 6.94. The minimum atomic E-state index is -4.39. The molecule has 0 saturated carbocycles. The molecule has 3 rings (SSSR count). The number of aromatic nitrogens is 2. The number of nitrogens with one attached hydrogen (secondary N) is 2. The van der Waals surface area contributed by atoms with Crippen molar-refractivity contribution >= 4 is 16.9 Å². The van der Waals surface area contributed by atoms with E-state index in [1.165, 1.54) is 12.1 Å². The average Bonchev–Trinajstić information content (AvgIpc) is 2.94. The Labute approximate surface area is 152 Å². The van der Waals surface area contributed by atoms with Crippen LogP contribution in [-0.4, -0.2) is 15.5 Å². The van der Waals surface area contributed by atoms with Gasteiger partial charge < -0.3 is 10.3 Å². The molecule has 0 spiro atoms. The molecule has 0 aliphatic rings. The predicted octanol–water partition coefficient (Wildman–Crippen LogP) is 3.86. The number of carbonyl (C=O) groups excluding carboxylic acids is 1. The van der Waals surface area contributed by atoms with Gasteiger partial charge in [-0.2, -0.15) is 13.2 Å². The Morgan fingerprint density at radius 3 is 2.41 bits per heavy atom. The highest BCUT2D eigenvalue weighted by Gasteiger charge is 2.29. The van der Waals surface area contributed by atoms with Crippen LogP contribution in [0.15, 0.2) is 47.3 Å². The topological polar surface area (TPSA) is 66.9 Å². The molecule has 0 saturated heterocycles. The molecule has 2 N–H and O–H groups in total. The van der Waals surface area contributed by atoms with Crippen LogP contribution in [0.25, 0.3) is 11.0 Å². The van der Waals surface area contributed by atoms with E-state index in [-0.39, 0.29) is 24.2 Å². The number of imidazole rings is 1. The molecule has 1 heterocycles.